The summed E-state index contributed by atoms with van der Waals surface area (Å²) in [5.74, 6) is 0. The Hall–Kier alpha value is -1.95. The summed E-state index contributed by atoms with van der Waals surface area (Å²) >= 11 is 0. The third-order valence-electron chi connectivity index (χ3n) is 6.34. The molecular weight excluding hydrogens is 360 g/mol. The maximum Gasteiger partial charge on any atom is 0.194 e. The summed E-state index contributed by atoms with van der Waals surface area (Å²) in [4.78, 5) is 0. The van der Waals surface area contributed by atoms with Gasteiger partial charge in [0.15, 0.2) is 15.4 Å². The molecule has 3 aromatic carbocycles. The van der Waals surface area contributed by atoms with Gasteiger partial charge in [-0.05, 0) is 27.6 Å². The monoisotopic (exact) mass is 390 g/mol. The Labute approximate surface area is 166 Å². The number of rotatable bonds is 7. The topological polar surface area (TPSA) is 9.23 Å². The molecule has 0 amide bonds. The van der Waals surface area contributed by atoms with E-state index < -0.39 is 15.4 Å². The molecule has 0 fully saturated rings. The molecule has 2 atom stereocenters. The van der Waals surface area contributed by atoms with Crippen LogP contribution in [0.1, 0.15) is 20.3 Å². The molecule has 0 spiro atoms. The first-order chi connectivity index (χ1) is 13.1. The summed E-state index contributed by atoms with van der Waals surface area (Å²) in [6.45, 7) is 7.17. The number of hydrogen-bond donors (Lipinski definition) is 0. The van der Waals surface area contributed by atoms with Gasteiger partial charge in [-0.15, -0.1) is 0 Å². The zero-order valence-corrected chi connectivity index (χ0v) is 18.9. The number of benzene rings is 3. The Morgan fingerprint density at radius 3 is 1.30 bits per heavy atom. The van der Waals surface area contributed by atoms with Gasteiger partial charge in [-0.1, -0.05) is 111 Å². The highest BCUT2D eigenvalue weighted by molar-refractivity contribution is 7.54. The molecule has 27 heavy (non-hydrogen) atoms. The van der Waals surface area contributed by atoms with Crippen LogP contribution in [0.25, 0.3) is 0 Å². The second-order valence-corrected chi connectivity index (χ2v) is 19.5. The van der Waals surface area contributed by atoms with E-state index in [0.717, 1.165) is 6.42 Å². The van der Waals surface area contributed by atoms with Crippen LogP contribution >= 0.6 is 0 Å². The van der Waals surface area contributed by atoms with E-state index in [1.165, 1.54) is 15.6 Å². The molecule has 0 saturated heterocycles. The van der Waals surface area contributed by atoms with Crippen molar-refractivity contribution < 1.29 is 4.43 Å². The quantitative estimate of drug-likeness (QED) is 0.433. The molecule has 0 radical (unpaired) electrons. The van der Waals surface area contributed by atoms with E-state index >= 15 is 0 Å². The predicted molar refractivity (Wildman–Crippen MR) is 122 cm³/mol. The first kappa shape index (κ1) is 19.8. The lowest BCUT2D eigenvalue weighted by molar-refractivity contribution is 0.401. The number of hydrogen-bond acceptors (Lipinski definition) is 1. The van der Waals surface area contributed by atoms with E-state index in [2.05, 4.69) is 111 Å². The average Bonchev–Trinajstić information content (AvgIpc) is 2.75. The fraction of sp³-hybridized carbons (Fsp3) is 0.250. The molecule has 0 aromatic heterocycles. The highest BCUT2D eigenvalue weighted by Gasteiger charge is 2.59. The van der Waals surface area contributed by atoms with Gasteiger partial charge >= 0.3 is 0 Å². The molecule has 2 unspecified atom stereocenters. The minimum atomic E-state index is -2.34. The van der Waals surface area contributed by atoms with Crippen LogP contribution in [-0.4, -0.2) is 22.5 Å². The van der Waals surface area contributed by atoms with Crippen LogP contribution in [-0.2, 0) is 4.43 Å². The zero-order chi connectivity index (χ0) is 19.3. The van der Waals surface area contributed by atoms with Crippen molar-refractivity contribution in [2.24, 2.45) is 0 Å². The summed E-state index contributed by atoms with van der Waals surface area (Å²) < 4.78 is 6.62. The van der Waals surface area contributed by atoms with Crippen LogP contribution in [0.4, 0.5) is 0 Å². The smallest absolute Gasteiger partial charge is 0.194 e. The maximum absolute atomic E-state index is 6.62. The van der Waals surface area contributed by atoms with E-state index in [9.17, 15) is 0 Å². The third-order valence-corrected chi connectivity index (χ3v) is 23.7. The Morgan fingerprint density at radius 2 is 1.04 bits per heavy atom. The Bertz CT molecular complexity index is 739. The van der Waals surface area contributed by atoms with E-state index in [-0.39, 0.29) is 0 Å². The van der Waals surface area contributed by atoms with Crippen molar-refractivity contribution in [3.8, 4) is 0 Å². The van der Waals surface area contributed by atoms with Gasteiger partial charge in [0.05, 0.1) is 0 Å². The molecule has 3 aromatic rings. The van der Waals surface area contributed by atoms with Gasteiger partial charge in [0.2, 0.25) is 0 Å². The van der Waals surface area contributed by atoms with Crippen LogP contribution < -0.4 is 15.6 Å². The molecule has 0 bridgehead atoms. The molecule has 0 aliphatic heterocycles. The van der Waals surface area contributed by atoms with Gasteiger partial charge in [-0.25, -0.2) is 0 Å². The van der Waals surface area contributed by atoms with Crippen LogP contribution in [0.15, 0.2) is 91.0 Å². The summed E-state index contributed by atoms with van der Waals surface area (Å²) in [6.07, 6.45) is 1.14. The fourth-order valence-corrected chi connectivity index (χ4v) is 22.0. The van der Waals surface area contributed by atoms with Gasteiger partial charge < -0.3 is 4.43 Å². The first-order valence-corrected chi connectivity index (χ1v) is 15.3. The lowest BCUT2D eigenvalue weighted by Crippen LogP contribution is -2.83. The molecule has 0 aliphatic carbocycles. The van der Waals surface area contributed by atoms with Crippen molar-refractivity contribution in [1.29, 1.82) is 0 Å². The molecule has 0 heterocycles. The van der Waals surface area contributed by atoms with Crippen LogP contribution in [0.5, 0.6) is 0 Å². The summed E-state index contributed by atoms with van der Waals surface area (Å²) in [5, 5.41) is 4.37. The van der Waals surface area contributed by atoms with Gasteiger partial charge in [0.1, 0.15) is 0 Å². The average molecular weight is 391 g/mol. The lowest BCUT2D eigenvalue weighted by atomic mass is 10.3. The SMILES string of the molecule is CCC(C)[Si](C)(OC)[Si](c1ccccc1)(c1ccccc1)c1ccccc1. The highest BCUT2D eigenvalue weighted by Crippen LogP contribution is 2.33. The predicted octanol–water partition coefficient (Wildman–Crippen LogP) is 4.26. The molecule has 0 saturated carbocycles. The second kappa shape index (κ2) is 8.38. The van der Waals surface area contributed by atoms with Gasteiger partial charge in [-0.2, -0.15) is 0 Å². The zero-order valence-electron chi connectivity index (χ0n) is 16.9. The fourth-order valence-electron chi connectivity index (χ4n) is 4.54. The van der Waals surface area contributed by atoms with Crippen molar-refractivity contribution in [2.75, 3.05) is 7.11 Å². The molecule has 3 heteroatoms. The minimum absolute atomic E-state index is 0.551. The van der Waals surface area contributed by atoms with Crippen LogP contribution in [0.2, 0.25) is 12.1 Å². The Morgan fingerprint density at radius 1 is 0.704 bits per heavy atom. The minimum Gasteiger partial charge on any atom is -0.421 e. The highest BCUT2D eigenvalue weighted by atomic mass is 29.3. The van der Waals surface area contributed by atoms with Crippen molar-refractivity contribution >= 4 is 31.0 Å². The summed E-state index contributed by atoms with van der Waals surface area (Å²) in [6, 6.07) is 33.5. The molecule has 1 nitrogen and oxygen atoms in total. The third kappa shape index (κ3) is 3.24. The van der Waals surface area contributed by atoms with Gasteiger partial charge in [-0.3, -0.25) is 0 Å². The van der Waals surface area contributed by atoms with Crippen molar-refractivity contribution in [3.63, 3.8) is 0 Å². The van der Waals surface area contributed by atoms with Crippen molar-refractivity contribution in [2.45, 2.75) is 32.4 Å². The second-order valence-electron chi connectivity index (χ2n) is 7.47. The molecule has 140 valence electrons. The van der Waals surface area contributed by atoms with Crippen LogP contribution in [0, 0.1) is 0 Å². The molecule has 0 N–H and O–H groups in total. The van der Waals surface area contributed by atoms with E-state index in [0.29, 0.717) is 5.54 Å². The standard InChI is InChI=1S/C24H30OSi2/c1-5-21(2)26(4,25-3)27(22-15-9-6-10-16-22,23-17-11-7-12-18-23)24-19-13-8-14-20-24/h6-21H,5H2,1-4H3. The van der Waals surface area contributed by atoms with Crippen LogP contribution in [0.3, 0.4) is 0 Å². The summed E-state index contributed by atoms with van der Waals surface area (Å²) in [7, 11) is -2.58. The Kier molecular flexibility index (Phi) is 6.15. The van der Waals surface area contributed by atoms with Crippen molar-refractivity contribution in [3.05, 3.63) is 91.0 Å². The lowest BCUT2D eigenvalue weighted by Gasteiger charge is -2.48. The van der Waals surface area contributed by atoms with Gasteiger partial charge in [0, 0.05) is 7.11 Å². The first-order valence-electron chi connectivity index (χ1n) is 9.83. The largest absolute Gasteiger partial charge is 0.421 e. The molecular formula is C24H30OSi2. The molecule has 0 aliphatic rings. The van der Waals surface area contributed by atoms with Crippen molar-refractivity contribution in [1.82, 2.24) is 0 Å². The van der Waals surface area contributed by atoms with E-state index in [1.807, 2.05) is 7.11 Å². The normalized spacial score (nSPS) is 15.1. The molecule has 3 rings (SSSR count). The van der Waals surface area contributed by atoms with Gasteiger partial charge in [0.25, 0.3) is 0 Å². The summed E-state index contributed by atoms with van der Waals surface area (Å²) in [5.41, 5.74) is 0.551. The maximum atomic E-state index is 6.62. The van der Waals surface area contributed by atoms with E-state index in [4.69, 9.17) is 4.43 Å². The van der Waals surface area contributed by atoms with E-state index in [1.54, 1.807) is 0 Å². The Balaban J connectivity index is 2.47.